The Morgan fingerprint density at radius 1 is 1.25 bits per heavy atom. The summed E-state index contributed by atoms with van der Waals surface area (Å²) in [4.78, 5) is 0. The second-order valence-corrected chi connectivity index (χ2v) is 8.41. The minimum Gasteiger partial charge on any atom is -0.314 e. The average molecular weight is 303 g/mol. The normalized spacial score (nSPS) is 29.8. The number of hydrogen-bond donors (Lipinski definition) is 1. The Morgan fingerprint density at radius 3 is 2.70 bits per heavy atom. The standard InChI is InChI=1S/C14H29N3O2S/c1-13-6-5-10-17(12-13)20(18,19)16(2)11-8-14-7-3-4-9-15-14/h13-15H,3-12H2,1-2H3. The first-order valence-electron chi connectivity index (χ1n) is 7.95. The zero-order valence-electron chi connectivity index (χ0n) is 12.8. The molecule has 2 rings (SSSR count). The maximum Gasteiger partial charge on any atom is 0.281 e. The first-order chi connectivity index (χ1) is 9.50. The van der Waals surface area contributed by atoms with Crippen molar-refractivity contribution < 1.29 is 8.42 Å². The van der Waals surface area contributed by atoms with Gasteiger partial charge in [-0.1, -0.05) is 13.3 Å². The van der Waals surface area contributed by atoms with E-state index in [9.17, 15) is 8.42 Å². The summed E-state index contributed by atoms with van der Waals surface area (Å²) in [5.41, 5.74) is 0. The molecule has 2 fully saturated rings. The van der Waals surface area contributed by atoms with Gasteiger partial charge in [0.1, 0.15) is 0 Å². The number of piperidine rings is 2. The topological polar surface area (TPSA) is 52.7 Å². The average Bonchev–Trinajstić information content (AvgIpc) is 2.45. The van der Waals surface area contributed by atoms with E-state index in [2.05, 4.69) is 12.2 Å². The van der Waals surface area contributed by atoms with E-state index in [1.54, 1.807) is 15.7 Å². The van der Waals surface area contributed by atoms with Crippen LogP contribution in [-0.2, 0) is 10.2 Å². The molecule has 0 bridgehead atoms. The molecule has 2 heterocycles. The molecule has 0 radical (unpaired) electrons. The van der Waals surface area contributed by atoms with Crippen LogP contribution in [0.1, 0.15) is 45.4 Å². The highest BCUT2D eigenvalue weighted by molar-refractivity contribution is 7.86. The molecule has 0 aliphatic carbocycles. The second-order valence-electron chi connectivity index (χ2n) is 6.37. The lowest BCUT2D eigenvalue weighted by Crippen LogP contribution is -2.47. The molecule has 118 valence electrons. The van der Waals surface area contributed by atoms with E-state index in [0.717, 1.165) is 25.8 Å². The minimum absolute atomic E-state index is 0.479. The summed E-state index contributed by atoms with van der Waals surface area (Å²) in [6.07, 6.45) is 6.72. The zero-order chi connectivity index (χ0) is 14.6. The first-order valence-corrected chi connectivity index (χ1v) is 9.34. The molecule has 5 nitrogen and oxygen atoms in total. The first kappa shape index (κ1) is 16.2. The molecule has 0 aromatic heterocycles. The van der Waals surface area contributed by atoms with Gasteiger partial charge < -0.3 is 5.32 Å². The maximum atomic E-state index is 12.5. The minimum atomic E-state index is -3.26. The summed E-state index contributed by atoms with van der Waals surface area (Å²) in [5, 5.41) is 3.48. The third-order valence-electron chi connectivity index (χ3n) is 4.54. The van der Waals surface area contributed by atoms with Gasteiger partial charge in [-0.25, -0.2) is 0 Å². The van der Waals surface area contributed by atoms with E-state index in [4.69, 9.17) is 0 Å². The van der Waals surface area contributed by atoms with Gasteiger partial charge in [-0.3, -0.25) is 0 Å². The van der Waals surface area contributed by atoms with Crippen LogP contribution in [0.4, 0.5) is 0 Å². The second kappa shape index (κ2) is 7.20. The molecule has 2 aliphatic rings. The molecule has 2 atom stereocenters. The van der Waals surface area contributed by atoms with Gasteiger partial charge in [0.05, 0.1) is 0 Å². The molecule has 0 saturated carbocycles. The number of hydrogen-bond acceptors (Lipinski definition) is 3. The Morgan fingerprint density at radius 2 is 2.05 bits per heavy atom. The predicted octanol–water partition coefficient (Wildman–Crippen LogP) is 1.43. The van der Waals surface area contributed by atoms with E-state index in [-0.39, 0.29) is 0 Å². The van der Waals surface area contributed by atoms with Crippen molar-refractivity contribution in [1.82, 2.24) is 13.9 Å². The van der Waals surface area contributed by atoms with Crippen LogP contribution in [0, 0.1) is 5.92 Å². The van der Waals surface area contributed by atoms with Crippen molar-refractivity contribution in [2.75, 3.05) is 33.2 Å². The number of rotatable bonds is 5. The highest BCUT2D eigenvalue weighted by Crippen LogP contribution is 2.20. The van der Waals surface area contributed by atoms with Gasteiger partial charge in [-0.05, 0) is 44.6 Å². The third-order valence-corrected chi connectivity index (χ3v) is 6.50. The van der Waals surface area contributed by atoms with Crippen molar-refractivity contribution in [2.24, 2.45) is 5.92 Å². The SMILES string of the molecule is CC1CCCN(S(=O)(=O)N(C)CCC2CCCCN2)C1. The molecular formula is C14H29N3O2S. The van der Waals surface area contributed by atoms with Crippen molar-refractivity contribution in [3.8, 4) is 0 Å². The lowest BCUT2D eigenvalue weighted by Gasteiger charge is -2.33. The van der Waals surface area contributed by atoms with Crippen molar-refractivity contribution in [1.29, 1.82) is 0 Å². The van der Waals surface area contributed by atoms with Crippen LogP contribution in [0.3, 0.4) is 0 Å². The van der Waals surface area contributed by atoms with Gasteiger partial charge in [0.15, 0.2) is 0 Å². The van der Waals surface area contributed by atoms with Crippen molar-refractivity contribution in [2.45, 2.75) is 51.5 Å². The highest BCUT2D eigenvalue weighted by atomic mass is 32.2. The molecule has 6 heteroatoms. The lowest BCUT2D eigenvalue weighted by molar-refractivity contribution is 0.260. The molecule has 2 unspecified atom stereocenters. The van der Waals surface area contributed by atoms with Gasteiger partial charge in [-0.2, -0.15) is 17.0 Å². The molecule has 1 N–H and O–H groups in total. The molecule has 2 saturated heterocycles. The Hall–Kier alpha value is -0.170. The molecule has 2 aliphatic heterocycles. The van der Waals surface area contributed by atoms with Crippen LogP contribution in [0.15, 0.2) is 0 Å². The zero-order valence-corrected chi connectivity index (χ0v) is 13.7. The monoisotopic (exact) mass is 303 g/mol. The third kappa shape index (κ3) is 4.16. The van der Waals surface area contributed by atoms with Gasteiger partial charge in [-0.15, -0.1) is 0 Å². The van der Waals surface area contributed by atoms with Crippen LogP contribution >= 0.6 is 0 Å². The summed E-state index contributed by atoms with van der Waals surface area (Å²) in [5.74, 6) is 0.479. The lowest BCUT2D eigenvalue weighted by atomic mass is 10.0. The van der Waals surface area contributed by atoms with E-state index >= 15 is 0 Å². The molecule has 0 aromatic carbocycles. The molecule has 20 heavy (non-hydrogen) atoms. The van der Waals surface area contributed by atoms with Crippen molar-refractivity contribution in [3.05, 3.63) is 0 Å². The van der Waals surface area contributed by atoms with Gasteiger partial charge in [0.2, 0.25) is 0 Å². The van der Waals surface area contributed by atoms with Crippen LogP contribution < -0.4 is 5.32 Å². The van der Waals surface area contributed by atoms with Gasteiger partial charge >= 0.3 is 0 Å². The largest absolute Gasteiger partial charge is 0.314 e. The molecule has 0 spiro atoms. The summed E-state index contributed by atoms with van der Waals surface area (Å²) in [6.45, 7) is 5.18. The Bertz CT molecular complexity index is 393. The van der Waals surface area contributed by atoms with E-state index in [1.165, 1.54) is 19.3 Å². The Kier molecular flexibility index (Phi) is 5.84. The summed E-state index contributed by atoms with van der Waals surface area (Å²) < 4.78 is 28.3. The Balaban J connectivity index is 1.84. The smallest absolute Gasteiger partial charge is 0.281 e. The fraction of sp³-hybridized carbons (Fsp3) is 1.00. The number of nitrogens with one attached hydrogen (secondary N) is 1. The van der Waals surface area contributed by atoms with E-state index in [1.807, 2.05) is 0 Å². The summed E-state index contributed by atoms with van der Waals surface area (Å²) in [7, 11) is -1.54. The van der Waals surface area contributed by atoms with E-state index < -0.39 is 10.2 Å². The molecule has 0 aromatic rings. The van der Waals surface area contributed by atoms with Gasteiger partial charge in [0, 0.05) is 32.7 Å². The summed E-state index contributed by atoms with van der Waals surface area (Å²) in [6, 6.07) is 0.488. The molecule has 0 amide bonds. The fourth-order valence-corrected chi connectivity index (χ4v) is 4.71. The van der Waals surface area contributed by atoms with Crippen LogP contribution in [0.25, 0.3) is 0 Å². The van der Waals surface area contributed by atoms with Gasteiger partial charge in [0.25, 0.3) is 10.2 Å². The highest BCUT2D eigenvalue weighted by Gasteiger charge is 2.30. The predicted molar refractivity (Wildman–Crippen MR) is 81.8 cm³/mol. The summed E-state index contributed by atoms with van der Waals surface area (Å²) >= 11 is 0. The maximum absolute atomic E-state index is 12.5. The quantitative estimate of drug-likeness (QED) is 0.836. The van der Waals surface area contributed by atoms with Crippen molar-refractivity contribution >= 4 is 10.2 Å². The Labute approximate surface area is 123 Å². The van der Waals surface area contributed by atoms with Crippen LogP contribution in [-0.4, -0.2) is 56.3 Å². The van der Waals surface area contributed by atoms with Crippen molar-refractivity contribution in [3.63, 3.8) is 0 Å². The van der Waals surface area contributed by atoms with Crippen LogP contribution in [0.2, 0.25) is 0 Å². The van der Waals surface area contributed by atoms with Crippen LogP contribution in [0.5, 0.6) is 0 Å². The molecular weight excluding hydrogens is 274 g/mol. The van der Waals surface area contributed by atoms with E-state index in [0.29, 0.717) is 31.6 Å². The number of nitrogens with zero attached hydrogens (tertiary/aromatic N) is 2. The fourth-order valence-electron chi connectivity index (χ4n) is 3.18.